The molecule has 17 heavy (non-hydrogen) atoms. The van der Waals surface area contributed by atoms with Crippen LogP contribution in [0.4, 0.5) is 0 Å². The molecule has 1 heterocycles. The van der Waals surface area contributed by atoms with E-state index in [-0.39, 0.29) is 0 Å². The Morgan fingerprint density at radius 3 is 2.76 bits per heavy atom. The van der Waals surface area contributed by atoms with E-state index in [1.165, 1.54) is 38.5 Å². The molecule has 1 aromatic heterocycles. The second-order valence-corrected chi connectivity index (χ2v) is 4.85. The topological polar surface area (TPSA) is 54.5 Å². The lowest BCUT2D eigenvalue weighted by Crippen LogP contribution is -2.16. The molecule has 92 valence electrons. The van der Waals surface area contributed by atoms with Gasteiger partial charge in [0.25, 0.3) is 0 Å². The van der Waals surface area contributed by atoms with Crippen molar-refractivity contribution in [3.63, 3.8) is 0 Å². The van der Waals surface area contributed by atoms with Crippen molar-refractivity contribution < 1.29 is 0 Å². The number of rotatable bonds is 6. The van der Waals surface area contributed by atoms with E-state index in [2.05, 4.69) is 23.3 Å². The Balaban J connectivity index is 2.00. The predicted octanol–water partition coefficient (Wildman–Crippen LogP) is 3.00. The van der Waals surface area contributed by atoms with E-state index in [1.807, 2.05) is 4.68 Å². The largest absolute Gasteiger partial charge is 0.248 e. The first-order valence-electron chi connectivity index (χ1n) is 6.70. The van der Waals surface area contributed by atoms with Gasteiger partial charge >= 0.3 is 0 Å². The Hall–Kier alpha value is -1.37. The molecule has 0 amide bonds. The summed E-state index contributed by atoms with van der Waals surface area (Å²) in [5, 5.41) is 17.2. The van der Waals surface area contributed by atoms with E-state index < -0.39 is 0 Å². The molecule has 0 aliphatic heterocycles. The Labute approximate surface area is 103 Å². The van der Waals surface area contributed by atoms with Gasteiger partial charge in [0.05, 0.1) is 5.69 Å². The van der Waals surface area contributed by atoms with Crippen molar-refractivity contribution >= 4 is 0 Å². The van der Waals surface area contributed by atoms with Gasteiger partial charge < -0.3 is 0 Å². The smallest absolute Gasteiger partial charge is 0.186 e. The number of aryl methyl sites for hydroxylation is 1. The Bertz CT molecular complexity index is 398. The summed E-state index contributed by atoms with van der Waals surface area (Å²) < 4.78 is 1.97. The van der Waals surface area contributed by atoms with Crippen LogP contribution in [0.3, 0.4) is 0 Å². The van der Waals surface area contributed by atoms with Gasteiger partial charge in [0, 0.05) is 12.5 Å². The van der Waals surface area contributed by atoms with Crippen LogP contribution in [0.1, 0.15) is 69.2 Å². The van der Waals surface area contributed by atoms with Crippen molar-refractivity contribution in [1.82, 2.24) is 15.0 Å². The fraction of sp³-hybridized carbons (Fsp3) is 0.769. The van der Waals surface area contributed by atoms with Crippen LogP contribution >= 0.6 is 0 Å². The van der Waals surface area contributed by atoms with Gasteiger partial charge in [0.1, 0.15) is 6.07 Å². The number of nitrogens with zero attached hydrogens (tertiary/aromatic N) is 4. The minimum Gasteiger partial charge on any atom is -0.248 e. The van der Waals surface area contributed by atoms with Crippen LogP contribution in [-0.2, 0) is 6.54 Å². The lowest BCUT2D eigenvalue weighted by atomic mass is 9.82. The third-order valence-corrected chi connectivity index (χ3v) is 3.59. The summed E-state index contributed by atoms with van der Waals surface area (Å²) in [5.74, 6) is 0.533. The second kappa shape index (κ2) is 5.81. The van der Waals surface area contributed by atoms with Gasteiger partial charge in [-0.15, -0.1) is 5.10 Å². The minimum atomic E-state index is 0.533. The van der Waals surface area contributed by atoms with Crippen LogP contribution in [-0.4, -0.2) is 15.0 Å². The molecule has 0 atom stereocenters. The second-order valence-electron chi connectivity index (χ2n) is 4.85. The minimum absolute atomic E-state index is 0.533. The molecule has 1 aliphatic carbocycles. The third-order valence-electron chi connectivity index (χ3n) is 3.59. The molecule has 0 saturated heterocycles. The highest BCUT2D eigenvalue weighted by Crippen LogP contribution is 2.37. The zero-order valence-electron chi connectivity index (χ0n) is 10.5. The van der Waals surface area contributed by atoms with Gasteiger partial charge in [-0.05, 0) is 19.3 Å². The molecule has 0 radical (unpaired) electrons. The highest BCUT2D eigenvalue weighted by atomic mass is 15.4. The summed E-state index contributed by atoms with van der Waals surface area (Å²) in [7, 11) is 0. The van der Waals surface area contributed by atoms with Gasteiger partial charge in [0.15, 0.2) is 5.69 Å². The maximum atomic E-state index is 9.04. The van der Waals surface area contributed by atoms with Crippen molar-refractivity contribution in [2.24, 2.45) is 0 Å². The van der Waals surface area contributed by atoms with Crippen molar-refractivity contribution in [3.05, 3.63) is 11.4 Å². The zero-order valence-corrected chi connectivity index (χ0v) is 10.5. The standard InChI is InChI=1S/C13H20N4/c1-2-3-4-5-9-17-13(11-7-6-8-11)12(10-14)15-16-17/h11H,2-9H2,1H3. The Morgan fingerprint density at radius 2 is 2.18 bits per heavy atom. The summed E-state index contributed by atoms with van der Waals surface area (Å²) in [6.45, 7) is 3.13. The normalized spacial score (nSPS) is 15.5. The molecule has 0 unspecified atom stereocenters. The predicted molar refractivity (Wildman–Crippen MR) is 65.5 cm³/mol. The fourth-order valence-electron chi connectivity index (χ4n) is 2.34. The van der Waals surface area contributed by atoms with E-state index in [0.29, 0.717) is 11.6 Å². The average molecular weight is 232 g/mol. The van der Waals surface area contributed by atoms with Crippen LogP contribution in [0.25, 0.3) is 0 Å². The highest BCUT2D eigenvalue weighted by Gasteiger charge is 2.27. The first kappa shape index (κ1) is 12.1. The van der Waals surface area contributed by atoms with E-state index >= 15 is 0 Å². The lowest BCUT2D eigenvalue weighted by molar-refractivity contribution is 0.382. The first-order valence-corrected chi connectivity index (χ1v) is 6.70. The van der Waals surface area contributed by atoms with Gasteiger partial charge in [-0.1, -0.05) is 37.8 Å². The van der Waals surface area contributed by atoms with Crippen molar-refractivity contribution in [2.75, 3.05) is 0 Å². The Kier molecular flexibility index (Phi) is 4.13. The lowest BCUT2D eigenvalue weighted by Gasteiger charge is -2.25. The maximum absolute atomic E-state index is 9.04. The molecule has 1 saturated carbocycles. The van der Waals surface area contributed by atoms with E-state index in [4.69, 9.17) is 5.26 Å². The van der Waals surface area contributed by atoms with Crippen LogP contribution in [0.15, 0.2) is 0 Å². The Morgan fingerprint density at radius 1 is 1.35 bits per heavy atom. The van der Waals surface area contributed by atoms with Crippen LogP contribution < -0.4 is 0 Å². The first-order chi connectivity index (χ1) is 8.36. The SMILES string of the molecule is CCCCCCn1nnc(C#N)c1C1CCC1. The molecule has 1 aromatic rings. The van der Waals surface area contributed by atoms with Gasteiger partial charge in [-0.3, -0.25) is 0 Å². The van der Waals surface area contributed by atoms with Crippen molar-refractivity contribution in [1.29, 1.82) is 5.26 Å². The number of aromatic nitrogens is 3. The molecule has 4 heteroatoms. The number of hydrogen-bond acceptors (Lipinski definition) is 3. The maximum Gasteiger partial charge on any atom is 0.186 e. The van der Waals surface area contributed by atoms with Crippen LogP contribution in [0.5, 0.6) is 0 Å². The number of hydrogen-bond donors (Lipinski definition) is 0. The van der Waals surface area contributed by atoms with E-state index in [1.54, 1.807) is 0 Å². The van der Waals surface area contributed by atoms with Crippen molar-refractivity contribution in [2.45, 2.75) is 64.3 Å². The van der Waals surface area contributed by atoms with Crippen LogP contribution in [0, 0.1) is 11.3 Å². The van der Waals surface area contributed by atoms with Crippen molar-refractivity contribution in [3.8, 4) is 6.07 Å². The number of nitriles is 1. The van der Waals surface area contributed by atoms with Gasteiger partial charge in [-0.2, -0.15) is 5.26 Å². The molecule has 4 nitrogen and oxygen atoms in total. The molecule has 0 N–H and O–H groups in total. The molecule has 0 bridgehead atoms. The summed E-state index contributed by atoms with van der Waals surface area (Å²) in [4.78, 5) is 0. The van der Waals surface area contributed by atoms with Gasteiger partial charge in [0.2, 0.25) is 0 Å². The summed E-state index contributed by atoms with van der Waals surface area (Å²) in [5.41, 5.74) is 1.64. The molecular weight excluding hydrogens is 212 g/mol. The number of unbranched alkanes of at least 4 members (excludes halogenated alkanes) is 3. The molecule has 1 aliphatic rings. The monoisotopic (exact) mass is 232 g/mol. The van der Waals surface area contributed by atoms with E-state index in [0.717, 1.165) is 18.7 Å². The van der Waals surface area contributed by atoms with Gasteiger partial charge in [-0.25, -0.2) is 4.68 Å². The third kappa shape index (κ3) is 2.66. The zero-order chi connectivity index (χ0) is 12.1. The molecular formula is C13H20N4. The summed E-state index contributed by atoms with van der Waals surface area (Å²) in [6.07, 6.45) is 8.56. The molecule has 0 spiro atoms. The average Bonchev–Trinajstić information content (AvgIpc) is 2.66. The van der Waals surface area contributed by atoms with E-state index in [9.17, 15) is 0 Å². The van der Waals surface area contributed by atoms with Crippen LogP contribution in [0.2, 0.25) is 0 Å². The molecule has 2 rings (SSSR count). The summed E-state index contributed by atoms with van der Waals surface area (Å²) in [6, 6.07) is 2.17. The quantitative estimate of drug-likeness (QED) is 0.708. The molecule has 1 fully saturated rings. The molecule has 0 aromatic carbocycles. The summed E-state index contributed by atoms with van der Waals surface area (Å²) >= 11 is 0. The fourth-order valence-corrected chi connectivity index (χ4v) is 2.34. The highest BCUT2D eigenvalue weighted by molar-refractivity contribution is 5.28.